The highest BCUT2D eigenvalue weighted by molar-refractivity contribution is 6.74. The number of rotatable bonds is 5. The first kappa shape index (κ1) is 17.4. The van der Waals surface area contributed by atoms with Gasteiger partial charge in [0.25, 0.3) is 0 Å². The minimum Gasteiger partial charge on any atom is -0.468 e. The monoisotopic (exact) mass is 299 g/mol. The fourth-order valence-corrected chi connectivity index (χ4v) is 3.59. The number of esters is 1. The summed E-state index contributed by atoms with van der Waals surface area (Å²) >= 11 is 0. The number of ether oxygens (including phenoxy) is 1. The molecule has 0 aliphatic carbocycles. The topological polar surface area (TPSA) is 47.6 Å². The molecule has 20 heavy (non-hydrogen) atoms. The first-order chi connectivity index (χ1) is 9.12. The van der Waals surface area contributed by atoms with Crippen LogP contribution in [0.2, 0.25) is 18.1 Å². The summed E-state index contributed by atoms with van der Waals surface area (Å²) in [5.74, 6) is -0.208. The van der Waals surface area contributed by atoms with E-state index < -0.39 is 8.32 Å². The maximum absolute atomic E-state index is 11.7. The summed E-state index contributed by atoms with van der Waals surface area (Å²) in [4.78, 5) is 11.7. The predicted molar refractivity (Wildman–Crippen MR) is 84.2 cm³/mol. The van der Waals surface area contributed by atoms with Crippen molar-refractivity contribution in [3.63, 3.8) is 0 Å². The zero-order valence-electron chi connectivity index (χ0n) is 13.7. The maximum Gasteiger partial charge on any atom is 0.322 e. The smallest absolute Gasteiger partial charge is 0.322 e. The molecule has 0 saturated carbocycles. The summed E-state index contributed by atoms with van der Waals surface area (Å²) in [6.07, 6.45) is 3.40. The molecule has 0 amide bonds. The molecular formula is C15H29NO3Si. The molecule has 1 aliphatic rings. The van der Waals surface area contributed by atoms with E-state index in [1.54, 1.807) is 0 Å². The molecule has 1 aliphatic heterocycles. The Morgan fingerprint density at radius 1 is 1.45 bits per heavy atom. The SMILES string of the molecule is C=CCC1N[C@H](C(=O)OC)C[C@H]1O[Si](C)(C)C(C)(C)C. The van der Waals surface area contributed by atoms with Crippen molar-refractivity contribution in [1.82, 2.24) is 5.32 Å². The molecule has 4 nitrogen and oxygen atoms in total. The number of carbonyl (C=O) groups is 1. The summed E-state index contributed by atoms with van der Waals surface area (Å²) in [6.45, 7) is 14.9. The Balaban J connectivity index is 2.80. The molecular weight excluding hydrogens is 270 g/mol. The molecule has 116 valence electrons. The second-order valence-electron chi connectivity index (χ2n) is 7.03. The van der Waals surface area contributed by atoms with Crippen molar-refractivity contribution in [2.24, 2.45) is 0 Å². The van der Waals surface area contributed by atoms with E-state index in [2.05, 4.69) is 45.8 Å². The third kappa shape index (κ3) is 3.93. The zero-order valence-corrected chi connectivity index (χ0v) is 14.7. The number of carbonyl (C=O) groups excluding carboxylic acids is 1. The van der Waals surface area contributed by atoms with E-state index >= 15 is 0 Å². The van der Waals surface area contributed by atoms with Gasteiger partial charge in [-0.1, -0.05) is 26.8 Å². The van der Waals surface area contributed by atoms with E-state index in [9.17, 15) is 4.79 Å². The fraction of sp³-hybridized carbons (Fsp3) is 0.800. The van der Waals surface area contributed by atoms with Crippen LogP contribution in [0, 0.1) is 0 Å². The Labute approximate surface area is 124 Å². The minimum atomic E-state index is -1.84. The van der Waals surface area contributed by atoms with Gasteiger partial charge in [0, 0.05) is 6.04 Å². The lowest BCUT2D eigenvalue weighted by Crippen LogP contribution is -2.47. The molecule has 0 aromatic heterocycles. The largest absolute Gasteiger partial charge is 0.468 e. The van der Waals surface area contributed by atoms with Crippen molar-refractivity contribution in [2.45, 2.75) is 69.9 Å². The lowest BCUT2D eigenvalue weighted by atomic mass is 10.1. The van der Waals surface area contributed by atoms with Gasteiger partial charge >= 0.3 is 5.97 Å². The van der Waals surface area contributed by atoms with Gasteiger partial charge in [0.2, 0.25) is 0 Å². The van der Waals surface area contributed by atoms with E-state index in [1.165, 1.54) is 7.11 Å². The summed E-state index contributed by atoms with van der Waals surface area (Å²) in [5.41, 5.74) is 0. The molecule has 1 rings (SSSR count). The van der Waals surface area contributed by atoms with Gasteiger partial charge in [0.15, 0.2) is 8.32 Å². The van der Waals surface area contributed by atoms with Crippen LogP contribution >= 0.6 is 0 Å². The third-order valence-electron chi connectivity index (χ3n) is 4.49. The van der Waals surface area contributed by atoms with Crippen LogP contribution in [0.5, 0.6) is 0 Å². The van der Waals surface area contributed by atoms with Crippen molar-refractivity contribution >= 4 is 14.3 Å². The quantitative estimate of drug-likeness (QED) is 0.482. The molecule has 0 radical (unpaired) electrons. The highest BCUT2D eigenvalue weighted by Gasteiger charge is 2.45. The van der Waals surface area contributed by atoms with E-state index in [-0.39, 0.29) is 29.2 Å². The van der Waals surface area contributed by atoms with Crippen molar-refractivity contribution < 1.29 is 14.0 Å². The van der Waals surface area contributed by atoms with Crippen molar-refractivity contribution in [2.75, 3.05) is 7.11 Å². The van der Waals surface area contributed by atoms with Crippen LogP contribution in [0.25, 0.3) is 0 Å². The van der Waals surface area contributed by atoms with Crippen LogP contribution in [0.3, 0.4) is 0 Å². The minimum absolute atomic E-state index is 0.0537. The highest BCUT2D eigenvalue weighted by atomic mass is 28.4. The van der Waals surface area contributed by atoms with Gasteiger partial charge in [0.05, 0.1) is 13.2 Å². The summed E-state index contributed by atoms with van der Waals surface area (Å²) < 4.78 is 11.3. The Bertz CT molecular complexity index is 363. The predicted octanol–water partition coefficient (Wildman–Crippen LogP) is 2.86. The van der Waals surface area contributed by atoms with Gasteiger partial charge in [-0.3, -0.25) is 10.1 Å². The van der Waals surface area contributed by atoms with Crippen LogP contribution in [0.1, 0.15) is 33.6 Å². The van der Waals surface area contributed by atoms with Crippen LogP contribution in [0.4, 0.5) is 0 Å². The number of methoxy groups -OCH3 is 1. The van der Waals surface area contributed by atoms with Gasteiger partial charge < -0.3 is 9.16 Å². The average molecular weight is 299 g/mol. The zero-order chi connectivity index (χ0) is 15.6. The lowest BCUT2D eigenvalue weighted by Gasteiger charge is -2.39. The van der Waals surface area contributed by atoms with Gasteiger partial charge in [-0.2, -0.15) is 0 Å². The second kappa shape index (κ2) is 6.41. The summed E-state index contributed by atoms with van der Waals surface area (Å²) in [5, 5.41) is 3.48. The Morgan fingerprint density at radius 3 is 2.50 bits per heavy atom. The molecule has 5 heteroatoms. The summed E-state index contributed by atoms with van der Waals surface area (Å²) in [7, 11) is -0.417. The van der Waals surface area contributed by atoms with Gasteiger partial charge in [-0.15, -0.1) is 6.58 Å². The molecule has 1 fully saturated rings. The molecule has 0 spiro atoms. The van der Waals surface area contributed by atoms with Crippen molar-refractivity contribution in [3.8, 4) is 0 Å². The van der Waals surface area contributed by atoms with Crippen molar-refractivity contribution in [1.29, 1.82) is 0 Å². The fourth-order valence-electron chi connectivity index (χ4n) is 2.22. The molecule has 1 saturated heterocycles. The normalized spacial score (nSPS) is 27.4. The number of hydrogen-bond acceptors (Lipinski definition) is 4. The molecule has 1 unspecified atom stereocenters. The third-order valence-corrected chi connectivity index (χ3v) is 8.99. The second-order valence-corrected chi connectivity index (χ2v) is 11.8. The molecule has 1 heterocycles. The Kier molecular flexibility index (Phi) is 5.58. The van der Waals surface area contributed by atoms with Crippen molar-refractivity contribution in [3.05, 3.63) is 12.7 Å². The highest BCUT2D eigenvalue weighted by Crippen LogP contribution is 2.39. The molecule has 0 aromatic carbocycles. The van der Waals surface area contributed by atoms with E-state index in [0.717, 1.165) is 6.42 Å². The first-order valence-corrected chi connectivity index (χ1v) is 10.2. The van der Waals surface area contributed by atoms with Gasteiger partial charge in [-0.25, -0.2) is 0 Å². The summed E-state index contributed by atoms with van der Waals surface area (Å²) in [6, 6.07) is -0.120. The van der Waals surface area contributed by atoms with Crippen LogP contribution in [-0.4, -0.2) is 39.6 Å². The molecule has 3 atom stereocenters. The van der Waals surface area contributed by atoms with Crippen LogP contribution < -0.4 is 5.32 Å². The Hall–Kier alpha value is -0.653. The van der Waals surface area contributed by atoms with E-state index in [4.69, 9.17) is 9.16 Å². The lowest BCUT2D eigenvalue weighted by molar-refractivity contribution is -0.142. The average Bonchev–Trinajstić information content (AvgIpc) is 2.70. The standard InChI is InChI=1S/C15H29NO3Si/c1-8-9-11-13(10-12(16-11)14(17)18-5)19-20(6,7)15(2,3)4/h8,11-13,16H,1,9-10H2,2-7H3/t11?,12-,13+/m0/s1. The van der Waals surface area contributed by atoms with Crippen LogP contribution in [0.15, 0.2) is 12.7 Å². The molecule has 0 aromatic rings. The van der Waals surface area contributed by atoms with Gasteiger partial charge in [0.1, 0.15) is 6.04 Å². The van der Waals surface area contributed by atoms with E-state index in [0.29, 0.717) is 6.42 Å². The van der Waals surface area contributed by atoms with E-state index in [1.807, 2.05) is 6.08 Å². The molecule has 0 bridgehead atoms. The molecule has 1 N–H and O–H groups in total. The maximum atomic E-state index is 11.7. The van der Waals surface area contributed by atoms with Gasteiger partial charge in [-0.05, 0) is 31.0 Å². The first-order valence-electron chi connectivity index (χ1n) is 7.25. The Morgan fingerprint density at radius 2 is 2.05 bits per heavy atom. The number of hydrogen-bond donors (Lipinski definition) is 1. The number of nitrogens with one attached hydrogen (secondary N) is 1. The van der Waals surface area contributed by atoms with Crippen LogP contribution in [-0.2, 0) is 14.0 Å².